The summed E-state index contributed by atoms with van der Waals surface area (Å²) in [6.45, 7) is 0.668. The van der Waals surface area contributed by atoms with E-state index in [1.165, 1.54) is 11.2 Å². The molecule has 4 nitrogen and oxygen atoms in total. The van der Waals surface area contributed by atoms with Gasteiger partial charge in [0.15, 0.2) is 0 Å². The van der Waals surface area contributed by atoms with Crippen LogP contribution in [0.3, 0.4) is 0 Å². The number of benzene rings is 1. The minimum absolute atomic E-state index is 0.668. The number of nitrogens with zero attached hydrogens (tertiary/aromatic N) is 1. The van der Waals surface area contributed by atoms with E-state index in [2.05, 4.69) is 16.4 Å². The van der Waals surface area contributed by atoms with Gasteiger partial charge < -0.3 is 4.74 Å². The van der Waals surface area contributed by atoms with Crippen molar-refractivity contribution in [2.45, 2.75) is 6.42 Å². The summed E-state index contributed by atoms with van der Waals surface area (Å²) in [7, 11) is 0. The molecule has 0 saturated heterocycles. The molecule has 1 heterocycles. The van der Waals surface area contributed by atoms with Gasteiger partial charge >= 0.3 is 0 Å². The van der Waals surface area contributed by atoms with E-state index in [0.717, 1.165) is 17.9 Å². The topological polar surface area (TPSA) is 53.8 Å². The van der Waals surface area contributed by atoms with Gasteiger partial charge in [-0.3, -0.25) is 10.7 Å². The summed E-state index contributed by atoms with van der Waals surface area (Å²) < 4.78 is 5.63. The lowest BCUT2D eigenvalue weighted by atomic mass is 10.3. The van der Waals surface area contributed by atoms with Crippen LogP contribution >= 0.6 is 11.3 Å². The summed E-state index contributed by atoms with van der Waals surface area (Å²) in [6, 6.07) is 11.5. The highest BCUT2D eigenvalue weighted by Crippen LogP contribution is 2.18. The van der Waals surface area contributed by atoms with Gasteiger partial charge in [0.25, 0.3) is 0 Å². The molecule has 0 amide bonds. The Labute approximate surface area is 110 Å². The normalized spacial score (nSPS) is 10.7. The van der Waals surface area contributed by atoms with Crippen LogP contribution in [0.4, 0.5) is 5.69 Å². The van der Waals surface area contributed by atoms with Crippen molar-refractivity contribution in [3.05, 3.63) is 46.7 Å². The number of ether oxygens (including phenoxy) is 1. The van der Waals surface area contributed by atoms with E-state index >= 15 is 0 Å². The molecule has 0 aliphatic rings. The number of hydrogen-bond acceptors (Lipinski definition) is 4. The lowest BCUT2D eigenvalue weighted by Gasteiger charge is -2.05. The Hall–Kier alpha value is -1.85. The molecule has 5 heteroatoms. The van der Waals surface area contributed by atoms with Crippen molar-refractivity contribution >= 4 is 23.4 Å². The van der Waals surface area contributed by atoms with Gasteiger partial charge in [0, 0.05) is 11.3 Å². The van der Waals surface area contributed by atoms with Crippen LogP contribution in [0.25, 0.3) is 0 Å². The van der Waals surface area contributed by atoms with E-state index in [-0.39, 0.29) is 0 Å². The molecule has 1 aromatic heterocycles. The smallest absolute Gasteiger partial charge is 0.119 e. The Morgan fingerprint density at radius 2 is 2.11 bits per heavy atom. The van der Waals surface area contributed by atoms with Gasteiger partial charge in [-0.1, -0.05) is 6.07 Å². The molecule has 0 atom stereocenters. The van der Waals surface area contributed by atoms with Crippen LogP contribution in [0.2, 0.25) is 0 Å². The molecule has 0 radical (unpaired) electrons. The minimum Gasteiger partial charge on any atom is -0.493 e. The minimum atomic E-state index is 0.668. The van der Waals surface area contributed by atoms with Crippen molar-refractivity contribution in [2.24, 2.45) is 4.99 Å². The molecular weight excluding hydrogens is 248 g/mol. The second-order valence-electron chi connectivity index (χ2n) is 3.56. The average Bonchev–Trinajstić information content (AvgIpc) is 2.91. The van der Waals surface area contributed by atoms with Crippen molar-refractivity contribution < 1.29 is 9.94 Å². The molecule has 0 saturated carbocycles. The van der Waals surface area contributed by atoms with E-state index in [1.54, 1.807) is 11.3 Å². The summed E-state index contributed by atoms with van der Waals surface area (Å²) in [5, 5.41) is 10.4. The van der Waals surface area contributed by atoms with Gasteiger partial charge in [-0.2, -0.15) is 0 Å². The highest BCUT2D eigenvalue weighted by Gasteiger charge is 1.96. The third kappa shape index (κ3) is 3.87. The van der Waals surface area contributed by atoms with Crippen LogP contribution in [0, 0.1) is 0 Å². The van der Waals surface area contributed by atoms with Crippen LogP contribution in [0.1, 0.15) is 4.88 Å². The number of thiophene rings is 1. The number of aliphatic imine (C=N–C) groups is 1. The number of nitrogens with one attached hydrogen (secondary N) is 1. The number of rotatable bonds is 6. The fourth-order valence-corrected chi connectivity index (χ4v) is 2.15. The Bertz CT molecular complexity index is 480. The van der Waals surface area contributed by atoms with Crippen molar-refractivity contribution in [3.63, 3.8) is 0 Å². The zero-order valence-electron chi connectivity index (χ0n) is 9.74. The van der Waals surface area contributed by atoms with Crippen LogP contribution in [-0.4, -0.2) is 18.2 Å². The van der Waals surface area contributed by atoms with Crippen LogP contribution < -0.4 is 10.2 Å². The SMILES string of the molecule is ONC=Nc1ccc(OCCc2cccs2)cc1. The van der Waals surface area contributed by atoms with E-state index in [1.807, 2.05) is 35.8 Å². The molecule has 2 rings (SSSR count). The van der Waals surface area contributed by atoms with Gasteiger partial charge in [0.2, 0.25) is 0 Å². The monoisotopic (exact) mass is 262 g/mol. The average molecular weight is 262 g/mol. The Balaban J connectivity index is 1.81. The summed E-state index contributed by atoms with van der Waals surface area (Å²) >= 11 is 1.74. The molecule has 0 unspecified atom stereocenters. The molecular formula is C13H14N2O2S. The van der Waals surface area contributed by atoms with Crippen LogP contribution in [0.5, 0.6) is 5.75 Å². The van der Waals surface area contributed by atoms with E-state index < -0.39 is 0 Å². The first kappa shape index (κ1) is 12.6. The predicted octanol–water partition coefficient (Wildman–Crippen LogP) is 3.01. The molecule has 94 valence electrons. The fraction of sp³-hybridized carbons (Fsp3) is 0.154. The van der Waals surface area contributed by atoms with Crippen LogP contribution in [-0.2, 0) is 6.42 Å². The second-order valence-corrected chi connectivity index (χ2v) is 4.59. The van der Waals surface area contributed by atoms with Crippen molar-refractivity contribution in [1.82, 2.24) is 5.48 Å². The van der Waals surface area contributed by atoms with Gasteiger partial charge in [-0.15, -0.1) is 11.3 Å². The first-order chi connectivity index (χ1) is 8.88. The lowest BCUT2D eigenvalue weighted by molar-refractivity contribution is 0.240. The molecule has 0 aliphatic heterocycles. The predicted molar refractivity (Wildman–Crippen MR) is 73.0 cm³/mol. The summed E-state index contributed by atoms with van der Waals surface area (Å²) in [6.07, 6.45) is 2.14. The van der Waals surface area contributed by atoms with Gasteiger partial charge in [0.05, 0.1) is 12.3 Å². The zero-order valence-corrected chi connectivity index (χ0v) is 10.6. The largest absolute Gasteiger partial charge is 0.493 e. The van der Waals surface area contributed by atoms with Gasteiger partial charge in [0.1, 0.15) is 12.1 Å². The fourth-order valence-electron chi connectivity index (χ4n) is 1.46. The number of hydroxylamine groups is 1. The number of hydrogen-bond donors (Lipinski definition) is 2. The first-order valence-electron chi connectivity index (χ1n) is 5.56. The highest BCUT2D eigenvalue weighted by molar-refractivity contribution is 7.09. The molecule has 0 bridgehead atoms. The molecule has 2 N–H and O–H groups in total. The van der Waals surface area contributed by atoms with E-state index in [4.69, 9.17) is 9.94 Å². The Kier molecular flexibility index (Phi) is 4.75. The van der Waals surface area contributed by atoms with Gasteiger partial charge in [-0.25, -0.2) is 4.99 Å². The molecule has 0 aliphatic carbocycles. The third-order valence-corrected chi connectivity index (χ3v) is 3.24. The van der Waals surface area contributed by atoms with Crippen molar-refractivity contribution in [1.29, 1.82) is 0 Å². The Morgan fingerprint density at radius 1 is 1.28 bits per heavy atom. The first-order valence-corrected chi connectivity index (χ1v) is 6.44. The maximum Gasteiger partial charge on any atom is 0.119 e. The van der Waals surface area contributed by atoms with Gasteiger partial charge in [-0.05, 0) is 35.7 Å². The van der Waals surface area contributed by atoms with Crippen molar-refractivity contribution in [3.8, 4) is 5.75 Å². The summed E-state index contributed by atoms with van der Waals surface area (Å²) in [5.74, 6) is 0.822. The quantitative estimate of drug-likeness (QED) is 0.478. The maximum absolute atomic E-state index is 8.37. The lowest BCUT2D eigenvalue weighted by Crippen LogP contribution is -2.01. The Morgan fingerprint density at radius 3 is 2.78 bits per heavy atom. The van der Waals surface area contributed by atoms with Crippen LogP contribution in [0.15, 0.2) is 46.8 Å². The molecule has 1 aromatic carbocycles. The summed E-state index contributed by atoms with van der Waals surface area (Å²) in [5.41, 5.74) is 2.61. The molecule has 18 heavy (non-hydrogen) atoms. The molecule has 0 fully saturated rings. The standard InChI is InChI=1S/C13H14N2O2S/c16-15-10-14-11-3-5-12(6-4-11)17-8-7-13-2-1-9-18-13/h1-6,9-10,16H,7-8H2,(H,14,15). The highest BCUT2D eigenvalue weighted by atomic mass is 32.1. The second kappa shape index (κ2) is 6.78. The molecule has 0 spiro atoms. The third-order valence-electron chi connectivity index (χ3n) is 2.31. The van der Waals surface area contributed by atoms with Crippen molar-refractivity contribution in [2.75, 3.05) is 6.61 Å². The summed E-state index contributed by atoms with van der Waals surface area (Å²) in [4.78, 5) is 5.27. The van der Waals surface area contributed by atoms with E-state index in [0.29, 0.717) is 6.61 Å². The zero-order chi connectivity index (χ0) is 12.6. The maximum atomic E-state index is 8.37. The van der Waals surface area contributed by atoms with E-state index in [9.17, 15) is 0 Å². The molecule has 2 aromatic rings.